The molecule has 3 amide bonds. The van der Waals surface area contributed by atoms with Gasteiger partial charge in [0, 0.05) is 5.92 Å². The Balaban J connectivity index is 2.21. The van der Waals surface area contributed by atoms with Gasteiger partial charge in [0.05, 0.1) is 0 Å². The topological polar surface area (TPSA) is 66.5 Å². The Kier molecular flexibility index (Phi) is 4.16. The van der Waals surface area contributed by atoms with Gasteiger partial charge in [0.15, 0.2) is 0 Å². The third-order valence-electron chi connectivity index (χ3n) is 4.73. The van der Waals surface area contributed by atoms with E-state index in [1.807, 2.05) is 6.92 Å². The van der Waals surface area contributed by atoms with E-state index in [-0.39, 0.29) is 35.6 Å². The number of hydrogen-bond donors (Lipinski definition) is 1. The Morgan fingerprint density at radius 2 is 2.05 bits per heavy atom. The van der Waals surface area contributed by atoms with Crippen LogP contribution in [0.2, 0.25) is 0 Å². The Morgan fingerprint density at radius 3 is 2.65 bits per heavy atom. The Labute approximate surface area is 120 Å². The van der Waals surface area contributed by atoms with Gasteiger partial charge < -0.3 is 4.90 Å². The molecule has 0 aromatic heterocycles. The van der Waals surface area contributed by atoms with Gasteiger partial charge in [-0.25, -0.2) is 0 Å². The maximum atomic E-state index is 12.8. The van der Waals surface area contributed by atoms with Crippen molar-refractivity contribution in [2.24, 2.45) is 11.3 Å². The van der Waals surface area contributed by atoms with Crippen LogP contribution in [0.25, 0.3) is 0 Å². The van der Waals surface area contributed by atoms with E-state index in [0.29, 0.717) is 6.42 Å². The van der Waals surface area contributed by atoms with Gasteiger partial charge >= 0.3 is 0 Å². The van der Waals surface area contributed by atoms with Gasteiger partial charge in [0.25, 0.3) is 0 Å². The van der Waals surface area contributed by atoms with Crippen LogP contribution in [0, 0.1) is 11.3 Å². The van der Waals surface area contributed by atoms with E-state index in [4.69, 9.17) is 0 Å². The molecule has 2 rings (SSSR count). The predicted octanol–water partition coefficient (Wildman–Crippen LogP) is 1.47. The fourth-order valence-electron chi connectivity index (χ4n) is 3.46. The summed E-state index contributed by atoms with van der Waals surface area (Å²) in [5, 5.41) is 2.32. The minimum atomic E-state index is -0.502. The third-order valence-corrected chi connectivity index (χ3v) is 4.73. The molecular weight excluding hydrogens is 256 g/mol. The van der Waals surface area contributed by atoms with Crippen LogP contribution in [0.4, 0.5) is 0 Å². The summed E-state index contributed by atoms with van der Waals surface area (Å²) in [6.07, 6.45) is 4.61. The summed E-state index contributed by atoms with van der Waals surface area (Å²) in [5.41, 5.74) is -0.0510. The van der Waals surface area contributed by atoms with E-state index in [0.717, 1.165) is 25.7 Å². The first-order chi connectivity index (χ1) is 9.36. The lowest BCUT2D eigenvalue weighted by molar-refractivity contribution is -0.155. The lowest BCUT2D eigenvalue weighted by atomic mass is 9.68. The molecule has 0 radical (unpaired) electrons. The summed E-state index contributed by atoms with van der Waals surface area (Å²) < 4.78 is 0. The van der Waals surface area contributed by atoms with Crippen LogP contribution in [0.5, 0.6) is 0 Å². The first kappa shape index (κ1) is 15.0. The number of rotatable bonds is 2. The SMILES string of the molecule is CCC1C(=O)NC(=O)CN1C(=O)C1CCCCC1(C)C. The molecular formula is C15H24N2O3. The minimum Gasteiger partial charge on any atom is -0.321 e. The molecule has 0 bridgehead atoms. The van der Waals surface area contributed by atoms with E-state index in [1.54, 1.807) is 0 Å². The molecule has 5 nitrogen and oxygen atoms in total. The van der Waals surface area contributed by atoms with Crippen molar-refractivity contribution in [1.82, 2.24) is 10.2 Å². The lowest BCUT2D eigenvalue weighted by Gasteiger charge is -2.42. The summed E-state index contributed by atoms with van der Waals surface area (Å²) in [6.45, 7) is 6.10. The van der Waals surface area contributed by atoms with Crippen LogP contribution in [0.15, 0.2) is 0 Å². The largest absolute Gasteiger partial charge is 0.321 e. The monoisotopic (exact) mass is 280 g/mol. The van der Waals surface area contributed by atoms with Gasteiger partial charge in [-0.05, 0) is 24.7 Å². The van der Waals surface area contributed by atoms with Crippen molar-refractivity contribution < 1.29 is 14.4 Å². The van der Waals surface area contributed by atoms with Crippen molar-refractivity contribution in [3.8, 4) is 0 Å². The molecule has 1 N–H and O–H groups in total. The molecule has 112 valence electrons. The molecule has 0 spiro atoms. The molecule has 2 fully saturated rings. The van der Waals surface area contributed by atoms with Crippen LogP contribution < -0.4 is 5.32 Å². The van der Waals surface area contributed by atoms with Crippen LogP contribution in [-0.2, 0) is 14.4 Å². The first-order valence-electron chi connectivity index (χ1n) is 7.51. The molecule has 1 aliphatic carbocycles. The predicted molar refractivity (Wildman–Crippen MR) is 74.7 cm³/mol. The van der Waals surface area contributed by atoms with Crippen LogP contribution in [-0.4, -0.2) is 35.2 Å². The quantitative estimate of drug-likeness (QED) is 0.779. The van der Waals surface area contributed by atoms with Crippen molar-refractivity contribution >= 4 is 17.7 Å². The average Bonchev–Trinajstić information content (AvgIpc) is 2.36. The fraction of sp³-hybridized carbons (Fsp3) is 0.800. The fourth-order valence-corrected chi connectivity index (χ4v) is 3.46. The molecule has 1 saturated carbocycles. The Morgan fingerprint density at radius 1 is 1.35 bits per heavy atom. The number of hydrogen-bond acceptors (Lipinski definition) is 3. The minimum absolute atomic E-state index is 0.00958. The molecule has 2 unspecified atom stereocenters. The van der Waals surface area contributed by atoms with Crippen molar-refractivity contribution in [3.05, 3.63) is 0 Å². The zero-order chi connectivity index (χ0) is 14.9. The van der Waals surface area contributed by atoms with Gasteiger partial charge in [0.1, 0.15) is 12.6 Å². The highest BCUT2D eigenvalue weighted by atomic mass is 16.2. The maximum absolute atomic E-state index is 12.8. The van der Waals surface area contributed by atoms with Gasteiger partial charge in [-0.15, -0.1) is 0 Å². The number of piperazine rings is 1. The Hall–Kier alpha value is -1.39. The van der Waals surface area contributed by atoms with E-state index in [9.17, 15) is 14.4 Å². The summed E-state index contributed by atoms with van der Waals surface area (Å²) >= 11 is 0. The summed E-state index contributed by atoms with van der Waals surface area (Å²) in [5.74, 6) is -0.818. The highest BCUT2D eigenvalue weighted by molar-refractivity contribution is 6.04. The number of carbonyl (C=O) groups is 3. The molecule has 2 atom stereocenters. The van der Waals surface area contributed by atoms with Crippen LogP contribution in [0.1, 0.15) is 52.9 Å². The molecule has 1 heterocycles. The zero-order valence-corrected chi connectivity index (χ0v) is 12.6. The van der Waals surface area contributed by atoms with E-state index in [1.165, 1.54) is 4.90 Å². The summed E-state index contributed by atoms with van der Waals surface area (Å²) in [6, 6.07) is -0.502. The number of carbonyl (C=O) groups excluding carboxylic acids is 3. The smallest absolute Gasteiger partial charge is 0.249 e. The van der Waals surface area contributed by atoms with Crippen molar-refractivity contribution in [2.75, 3.05) is 6.54 Å². The number of nitrogens with zero attached hydrogens (tertiary/aromatic N) is 1. The van der Waals surface area contributed by atoms with Crippen LogP contribution >= 0.6 is 0 Å². The average molecular weight is 280 g/mol. The molecule has 1 saturated heterocycles. The second-order valence-electron chi connectivity index (χ2n) is 6.59. The first-order valence-corrected chi connectivity index (χ1v) is 7.51. The van der Waals surface area contributed by atoms with Crippen molar-refractivity contribution in [3.63, 3.8) is 0 Å². The zero-order valence-electron chi connectivity index (χ0n) is 12.6. The number of nitrogens with one attached hydrogen (secondary N) is 1. The Bertz CT molecular complexity index is 431. The lowest BCUT2D eigenvalue weighted by Crippen LogP contribution is -2.61. The second-order valence-corrected chi connectivity index (χ2v) is 6.59. The molecule has 5 heteroatoms. The number of amides is 3. The third kappa shape index (κ3) is 2.72. The summed E-state index contributed by atoms with van der Waals surface area (Å²) in [7, 11) is 0. The summed E-state index contributed by atoms with van der Waals surface area (Å²) in [4.78, 5) is 37.8. The van der Waals surface area contributed by atoms with E-state index >= 15 is 0 Å². The number of imide groups is 1. The van der Waals surface area contributed by atoms with Crippen LogP contribution in [0.3, 0.4) is 0 Å². The van der Waals surface area contributed by atoms with Gasteiger partial charge in [-0.1, -0.05) is 33.6 Å². The maximum Gasteiger partial charge on any atom is 0.249 e. The highest BCUT2D eigenvalue weighted by Crippen LogP contribution is 2.41. The molecule has 2 aliphatic rings. The highest BCUT2D eigenvalue weighted by Gasteiger charge is 2.43. The molecule has 1 aliphatic heterocycles. The molecule has 20 heavy (non-hydrogen) atoms. The van der Waals surface area contributed by atoms with E-state index in [2.05, 4.69) is 19.2 Å². The normalized spacial score (nSPS) is 30.1. The standard InChI is InChI=1S/C15H24N2O3/c1-4-11-13(19)16-12(18)9-17(11)14(20)10-7-5-6-8-15(10,2)3/h10-11H,4-9H2,1-3H3,(H,16,18,19). The van der Waals surface area contributed by atoms with Gasteiger partial charge in [0.2, 0.25) is 17.7 Å². The molecule has 0 aromatic carbocycles. The second kappa shape index (κ2) is 5.54. The molecule has 0 aromatic rings. The van der Waals surface area contributed by atoms with Crippen molar-refractivity contribution in [2.45, 2.75) is 58.9 Å². The van der Waals surface area contributed by atoms with Crippen molar-refractivity contribution in [1.29, 1.82) is 0 Å². The van der Waals surface area contributed by atoms with E-state index < -0.39 is 6.04 Å². The van der Waals surface area contributed by atoms with Gasteiger partial charge in [-0.2, -0.15) is 0 Å². The van der Waals surface area contributed by atoms with Gasteiger partial charge in [-0.3, -0.25) is 19.7 Å².